The number of para-hydroxylation sites is 1. The minimum absolute atomic E-state index is 0.0400. The van der Waals surface area contributed by atoms with Crippen LogP contribution < -0.4 is 10.1 Å². The fourth-order valence-electron chi connectivity index (χ4n) is 2.95. The standard InChI is InChI=1S/C21H25NO3S/c1-17(25-18-8-4-2-5-9-18)20(23)22-16-21(12-14-24-15-13-21)26-19-10-6-3-7-11-19/h2-11,17H,12-16H2,1H3,(H,22,23). The van der Waals surface area contributed by atoms with E-state index in [-0.39, 0.29) is 10.7 Å². The van der Waals surface area contributed by atoms with E-state index >= 15 is 0 Å². The van der Waals surface area contributed by atoms with Crippen molar-refractivity contribution in [3.8, 4) is 5.75 Å². The van der Waals surface area contributed by atoms with E-state index < -0.39 is 6.10 Å². The van der Waals surface area contributed by atoms with E-state index in [0.717, 1.165) is 26.1 Å². The molecule has 1 heterocycles. The van der Waals surface area contributed by atoms with E-state index in [2.05, 4.69) is 17.4 Å². The van der Waals surface area contributed by atoms with Crippen LogP contribution in [0.15, 0.2) is 65.6 Å². The van der Waals surface area contributed by atoms with Gasteiger partial charge in [0.05, 0.1) is 0 Å². The summed E-state index contributed by atoms with van der Waals surface area (Å²) in [6, 6.07) is 19.8. The van der Waals surface area contributed by atoms with Gasteiger partial charge in [-0.3, -0.25) is 4.79 Å². The summed E-state index contributed by atoms with van der Waals surface area (Å²) in [5.41, 5.74) is 0. The maximum atomic E-state index is 12.5. The average Bonchev–Trinajstić information content (AvgIpc) is 2.68. The summed E-state index contributed by atoms with van der Waals surface area (Å²) in [6.07, 6.45) is 1.30. The number of carbonyl (C=O) groups excluding carboxylic acids is 1. The van der Waals surface area contributed by atoms with Crippen molar-refractivity contribution in [2.75, 3.05) is 19.8 Å². The summed E-state index contributed by atoms with van der Waals surface area (Å²) < 4.78 is 11.2. The predicted molar refractivity (Wildman–Crippen MR) is 105 cm³/mol. The third-order valence-corrected chi connectivity index (χ3v) is 5.99. The topological polar surface area (TPSA) is 47.6 Å². The van der Waals surface area contributed by atoms with Crippen LogP contribution in [-0.4, -0.2) is 36.5 Å². The first-order valence-corrected chi connectivity index (χ1v) is 9.80. The van der Waals surface area contributed by atoms with Crippen LogP contribution in [0.25, 0.3) is 0 Å². The second-order valence-corrected chi connectivity index (χ2v) is 8.04. The Morgan fingerprint density at radius 3 is 2.38 bits per heavy atom. The quantitative estimate of drug-likeness (QED) is 0.802. The number of ether oxygens (including phenoxy) is 2. The average molecular weight is 372 g/mol. The lowest BCUT2D eigenvalue weighted by molar-refractivity contribution is -0.127. The largest absolute Gasteiger partial charge is 0.481 e. The van der Waals surface area contributed by atoms with Crippen LogP contribution in [0.4, 0.5) is 0 Å². The summed E-state index contributed by atoms with van der Waals surface area (Å²) in [5, 5.41) is 3.09. The molecule has 2 aromatic rings. The monoisotopic (exact) mass is 371 g/mol. The molecule has 1 atom stereocenters. The van der Waals surface area contributed by atoms with Crippen LogP contribution in [0.1, 0.15) is 19.8 Å². The third kappa shape index (κ3) is 5.26. The van der Waals surface area contributed by atoms with Crippen molar-refractivity contribution in [2.45, 2.75) is 35.5 Å². The van der Waals surface area contributed by atoms with Crippen molar-refractivity contribution in [3.63, 3.8) is 0 Å². The normalized spacial score (nSPS) is 17.3. The van der Waals surface area contributed by atoms with Crippen LogP contribution in [0.2, 0.25) is 0 Å². The SMILES string of the molecule is CC(Oc1ccccc1)C(=O)NCC1(Sc2ccccc2)CCOCC1. The molecule has 26 heavy (non-hydrogen) atoms. The predicted octanol–water partition coefficient (Wildman–Crippen LogP) is 3.91. The molecule has 2 aromatic carbocycles. The molecule has 3 rings (SSSR count). The number of hydrogen-bond acceptors (Lipinski definition) is 4. The molecule has 1 aliphatic heterocycles. The molecule has 4 nitrogen and oxygen atoms in total. The number of thioether (sulfide) groups is 1. The molecule has 1 fully saturated rings. The lowest BCUT2D eigenvalue weighted by Crippen LogP contribution is -2.47. The van der Waals surface area contributed by atoms with Gasteiger partial charge in [-0.15, -0.1) is 11.8 Å². The first-order valence-electron chi connectivity index (χ1n) is 8.98. The molecule has 0 aliphatic carbocycles. The molecule has 0 aromatic heterocycles. The number of benzene rings is 2. The van der Waals surface area contributed by atoms with Crippen molar-refractivity contribution in [2.24, 2.45) is 0 Å². The molecule has 0 radical (unpaired) electrons. The maximum Gasteiger partial charge on any atom is 0.260 e. The van der Waals surface area contributed by atoms with Gasteiger partial charge in [0.1, 0.15) is 5.75 Å². The van der Waals surface area contributed by atoms with E-state index in [0.29, 0.717) is 12.3 Å². The first kappa shape index (κ1) is 18.8. The minimum atomic E-state index is -0.531. The van der Waals surface area contributed by atoms with Gasteiger partial charge in [-0.2, -0.15) is 0 Å². The molecule has 1 N–H and O–H groups in total. The van der Waals surface area contributed by atoms with Crippen LogP contribution in [-0.2, 0) is 9.53 Å². The second-order valence-electron chi connectivity index (χ2n) is 6.50. The van der Waals surface area contributed by atoms with Gasteiger partial charge in [-0.05, 0) is 44.0 Å². The van der Waals surface area contributed by atoms with Gasteiger partial charge in [0.25, 0.3) is 5.91 Å². The highest BCUT2D eigenvalue weighted by atomic mass is 32.2. The van der Waals surface area contributed by atoms with Gasteiger partial charge in [0.2, 0.25) is 0 Å². The molecule has 0 bridgehead atoms. The summed E-state index contributed by atoms with van der Waals surface area (Å²) in [7, 11) is 0. The number of hydrogen-bond donors (Lipinski definition) is 1. The molecular formula is C21H25NO3S. The molecule has 5 heteroatoms. The summed E-state index contributed by atoms with van der Waals surface area (Å²) in [4.78, 5) is 13.7. The smallest absolute Gasteiger partial charge is 0.260 e. The van der Waals surface area contributed by atoms with Crippen LogP contribution >= 0.6 is 11.8 Å². The van der Waals surface area contributed by atoms with Gasteiger partial charge in [-0.1, -0.05) is 36.4 Å². The Morgan fingerprint density at radius 1 is 1.12 bits per heavy atom. The van der Waals surface area contributed by atoms with Crippen molar-refractivity contribution < 1.29 is 14.3 Å². The van der Waals surface area contributed by atoms with Crippen LogP contribution in [0.5, 0.6) is 5.75 Å². The Balaban J connectivity index is 1.59. The summed E-state index contributed by atoms with van der Waals surface area (Å²) in [5.74, 6) is 0.614. The number of amides is 1. The molecule has 1 aliphatic rings. The maximum absolute atomic E-state index is 12.5. The fourth-order valence-corrected chi connectivity index (χ4v) is 4.25. The van der Waals surface area contributed by atoms with E-state index in [1.54, 1.807) is 6.92 Å². The van der Waals surface area contributed by atoms with E-state index in [1.165, 1.54) is 4.90 Å². The van der Waals surface area contributed by atoms with E-state index in [4.69, 9.17) is 9.47 Å². The zero-order valence-electron chi connectivity index (χ0n) is 15.0. The Morgan fingerprint density at radius 2 is 1.73 bits per heavy atom. The highest BCUT2D eigenvalue weighted by Gasteiger charge is 2.34. The fraction of sp³-hybridized carbons (Fsp3) is 0.381. The van der Waals surface area contributed by atoms with Crippen molar-refractivity contribution in [3.05, 3.63) is 60.7 Å². The zero-order chi connectivity index (χ0) is 18.2. The number of rotatable bonds is 7. The minimum Gasteiger partial charge on any atom is -0.481 e. The highest BCUT2D eigenvalue weighted by molar-refractivity contribution is 8.00. The molecule has 138 valence electrons. The third-order valence-electron chi connectivity index (χ3n) is 4.49. The Bertz CT molecular complexity index is 687. The first-order chi connectivity index (χ1) is 12.7. The Hall–Kier alpha value is -1.98. The molecule has 1 amide bonds. The Kier molecular flexibility index (Phi) is 6.58. The van der Waals surface area contributed by atoms with Crippen molar-refractivity contribution in [1.29, 1.82) is 0 Å². The number of nitrogens with one attached hydrogen (secondary N) is 1. The van der Waals surface area contributed by atoms with Gasteiger partial charge in [0.15, 0.2) is 6.10 Å². The van der Waals surface area contributed by atoms with Gasteiger partial charge < -0.3 is 14.8 Å². The van der Waals surface area contributed by atoms with Crippen molar-refractivity contribution >= 4 is 17.7 Å². The van der Waals surface area contributed by atoms with E-state index in [1.807, 2.05) is 60.3 Å². The summed E-state index contributed by atoms with van der Waals surface area (Å²) >= 11 is 1.83. The summed E-state index contributed by atoms with van der Waals surface area (Å²) in [6.45, 7) is 3.85. The van der Waals surface area contributed by atoms with E-state index in [9.17, 15) is 4.79 Å². The second kappa shape index (κ2) is 9.10. The Labute approximate surface area is 159 Å². The van der Waals surface area contributed by atoms with Gasteiger partial charge in [-0.25, -0.2) is 0 Å². The molecule has 0 spiro atoms. The molecule has 1 unspecified atom stereocenters. The molecular weight excluding hydrogens is 346 g/mol. The lowest BCUT2D eigenvalue weighted by atomic mass is 9.99. The van der Waals surface area contributed by atoms with Crippen LogP contribution in [0.3, 0.4) is 0 Å². The van der Waals surface area contributed by atoms with Gasteiger partial charge >= 0.3 is 0 Å². The van der Waals surface area contributed by atoms with Crippen molar-refractivity contribution in [1.82, 2.24) is 5.32 Å². The lowest BCUT2D eigenvalue weighted by Gasteiger charge is -2.37. The molecule has 1 saturated heterocycles. The van der Waals surface area contributed by atoms with Gasteiger partial charge in [0, 0.05) is 29.4 Å². The van der Waals surface area contributed by atoms with Crippen LogP contribution in [0, 0.1) is 0 Å². The molecule has 0 saturated carbocycles. The zero-order valence-corrected chi connectivity index (χ0v) is 15.8. The number of carbonyl (C=O) groups is 1. The highest BCUT2D eigenvalue weighted by Crippen LogP contribution is 2.40.